The van der Waals surface area contributed by atoms with Crippen molar-refractivity contribution in [2.75, 3.05) is 35.8 Å². The second kappa shape index (κ2) is 8.94. The molecular weight excluding hydrogens is 424 g/mol. The molecule has 0 aliphatic carbocycles. The number of hydrogen-bond donors (Lipinski definition) is 1. The molecule has 1 N–H and O–H groups in total. The van der Waals surface area contributed by atoms with Crippen molar-refractivity contribution in [3.8, 4) is 0 Å². The summed E-state index contributed by atoms with van der Waals surface area (Å²) in [7, 11) is -3.97. The Kier molecular flexibility index (Phi) is 6.10. The highest BCUT2D eigenvalue weighted by molar-refractivity contribution is 7.92. The van der Waals surface area contributed by atoms with Crippen LogP contribution in [0.15, 0.2) is 66.0 Å². The maximum absolute atomic E-state index is 13.3. The lowest BCUT2D eigenvalue weighted by molar-refractivity contribution is 0.249. The standard InChI is InChI=1S/C21H21F2N5O2S/c22-19-5-3-17(12-20(19)23)26-31(29,30)18-4-6-21(25-14-18)28-10-8-27(9-11-28)15-16-2-1-7-24-13-16/h1-7,12-14,26H,8-11,15H2. The van der Waals surface area contributed by atoms with Crippen LogP contribution >= 0.6 is 0 Å². The number of pyridine rings is 2. The van der Waals surface area contributed by atoms with E-state index in [4.69, 9.17) is 0 Å². The molecule has 3 aromatic rings. The van der Waals surface area contributed by atoms with E-state index in [1.807, 2.05) is 12.3 Å². The number of sulfonamides is 1. The van der Waals surface area contributed by atoms with Crippen molar-refractivity contribution < 1.29 is 17.2 Å². The third kappa shape index (κ3) is 5.15. The zero-order chi connectivity index (χ0) is 21.8. The molecule has 31 heavy (non-hydrogen) atoms. The van der Waals surface area contributed by atoms with E-state index in [2.05, 4.69) is 30.6 Å². The first-order valence-corrected chi connectivity index (χ1v) is 11.2. The van der Waals surface area contributed by atoms with Crippen LogP contribution in [0.1, 0.15) is 5.56 Å². The predicted molar refractivity (Wildman–Crippen MR) is 113 cm³/mol. The van der Waals surface area contributed by atoms with Crippen LogP contribution in [-0.2, 0) is 16.6 Å². The van der Waals surface area contributed by atoms with Gasteiger partial charge in [-0.2, -0.15) is 0 Å². The lowest BCUT2D eigenvalue weighted by atomic mass is 10.2. The fourth-order valence-electron chi connectivity index (χ4n) is 3.38. The quantitative estimate of drug-likeness (QED) is 0.629. The molecule has 2 aromatic heterocycles. The van der Waals surface area contributed by atoms with Crippen molar-refractivity contribution in [3.63, 3.8) is 0 Å². The van der Waals surface area contributed by atoms with Gasteiger partial charge in [0.1, 0.15) is 10.7 Å². The van der Waals surface area contributed by atoms with Crippen molar-refractivity contribution in [3.05, 3.63) is 78.3 Å². The monoisotopic (exact) mass is 445 g/mol. The summed E-state index contributed by atoms with van der Waals surface area (Å²) in [5, 5.41) is 0. The minimum Gasteiger partial charge on any atom is -0.354 e. The van der Waals surface area contributed by atoms with E-state index in [-0.39, 0.29) is 10.6 Å². The van der Waals surface area contributed by atoms with Gasteiger partial charge in [-0.1, -0.05) is 6.07 Å². The van der Waals surface area contributed by atoms with E-state index in [0.29, 0.717) is 5.82 Å². The molecule has 0 unspecified atom stereocenters. The highest BCUT2D eigenvalue weighted by Gasteiger charge is 2.20. The van der Waals surface area contributed by atoms with Crippen molar-refractivity contribution in [1.82, 2.24) is 14.9 Å². The first kappa shape index (κ1) is 21.1. The van der Waals surface area contributed by atoms with E-state index >= 15 is 0 Å². The van der Waals surface area contributed by atoms with Gasteiger partial charge in [0.15, 0.2) is 11.6 Å². The predicted octanol–water partition coefficient (Wildman–Crippen LogP) is 2.88. The molecule has 0 saturated carbocycles. The van der Waals surface area contributed by atoms with E-state index in [9.17, 15) is 17.2 Å². The molecule has 1 fully saturated rings. The van der Waals surface area contributed by atoms with Crippen molar-refractivity contribution >= 4 is 21.5 Å². The third-order valence-electron chi connectivity index (χ3n) is 5.03. The van der Waals surface area contributed by atoms with Crippen LogP contribution < -0.4 is 9.62 Å². The molecule has 10 heteroatoms. The number of aromatic nitrogens is 2. The van der Waals surface area contributed by atoms with Gasteiger partial charge < -0.3 is 4.90 Å². The number of nitrogens with one attached hydrogen (secondary N) is 1. The van der Waals surface area contributed by atoms with Crippen molar-refractivity contribution in [1.29, 1.82) is 0 Å². The molecule has 0 atom stereocenters. The Morgan fingerprint density at radius 3 is 2.42 bits per heavy atom. The summed E-state index contributed by atoms with van der Waals surface area (Å²) in [5.74, 6) is -1.49. The van der Waals surface area contributed by atoms with Crippen LogP contribution in [0.5, 0.6) is 0 Å². The second-order valence-corrected chi connectivity index (χ2v) is 8.89. The molecular formula is C21H21F2N5O2S. The lowest BCUT2D eigenvalue weighted by Crippen LogP contribution is -2.46. The van der Waals surface area contributed by atoms with Gasteiger partial charge in [0.2, 0.25) is 0 Å². The van der Waals surface area contributed by atoms with Gasteiger partial charge in [-0.3, -0.25) is 14.6 Å². The minimum absolute atomic E-state index is 0.0591. The summed E-state index contributed by atoms with van der Waals surface area (Å²) >= 11 is 0. The Morgan fingerprint density at radius 1 is 0.968 bits per heavy atom. The van der Waals surface area contributed by atoms with Crippen LogP contribution in [0.3, 0.4) is 0 Å². The maximum Gasteiger partial charge on any atom is 0.263 e. The summed E-state index contributed by atoms with van der Waals surface area (Å²) in [5.41, 5.74) is 1.10. The average molecular weight is 445 g/mol. The molecule has 1 aliphatic heterocycles. The van der Waals surface area contributed by atoms with E-state index in [1.165, 1.54) is 12.3 Å². The van der Waals surface area contributed by atoms with Crippen molar-refractivity contribution in [2.45, 2.75) is 11.4 Å². The summed E-state index contributed by atoms with van der Waals surface area (Å²) < 4.78 is 53.6. The van der Waals surface area contributed by atoms with Crippen LogP contribution in [0.2, 0.25) is 0 Å². The zero-order valence-corrected chi connectivity index (χ0v) is 17.4. The van der Waals surface area contributed by atoms with E-state index < -0.39 is 21.7 Å². The number of nitrogens with zero attached hydrogens (tertiary/aromatic N) is 4. The highest BCUT2D eigenvalue weighted by atomic mass is 32.2. The molecule has 3 heterocycles. The van der Waals surface area contributed by atoms with Crippen LogP contribution in [0.4, 0.5) is 20.3 Å². The molecule has 162 valence electrons. The van der Waals surface area contributed by atoms with Crippen LogP contribution in [0.25, 0.3) is 0 Å². The van der Waals surface area contributed by atoms with Gasteiger partial charge in [-0.05, 0) is 35.9 Å². The molecule has 0 bridgehead atoms. The highest BCUT2D eigenvalue weighted by Crippen LogP contribution is 2.21. The molecule has 1 saturated heterocycles. The Balaban J connectivity index is 1.37. The minimum atomic E-state index is -3.97. The lowest BCUT2D eigenvalue weighted by Gasteiger charge is -2.35. The number of rotatable bonds is 6. The molecule has 4 rings (SSSR count). The smallest absolute Gasteiger partial charge is 0.263 e. The fourth-order valence-corrected chi connectivity index (χ4v) is 4.37. The van der Waals surface area contributed by atoms with Crippen molar-refractivity contribution in [2.24, 2.45) is 0 Å². The van der Waals surface area contributed by atoms with Crippen LogP contribution in [0, 0.1) is 11.6 Å². The van der Waals surface area contributed by atoms with E-state index in [1.54, 1.807) is 12.3 Å². The Morgan fingerprint density at radius 2 is 1.77 bits per heavy atom. The molecule has 1 aromatic carbocycles. The first-order valence-electron chi connectivity index (χ1n) is 9.71. The summed E-state index contributed by atoms with van der Waals surface area (Å²) in [4.78, 5) is 12.8. The normalized spacial score (nSPS) is 15.1. The summed E-state index contributed by atoms with van der Waals surface area (Å²) in [6.07, 6.45) is 4.88. The molecule has 0 radical (unpaired) electrons. The Labute approximate surface area is 179 Å². The SMILES string of the molecule is O=S(=O)(Nc1ccc(F)c(F)c1)c1ccc(N2CCN(Cc3cccnc3)CC2)nc1. The van der Waals surface area contributed by atoms with Gasteiger partial charge >= 0.3 is 0 Å². The second-order valence-electron chi connectivity index (χ2n) is 7.21. The maximum atomic E-state index is 13.3. The zero-order valence-electron chi connectivity index (χ0n) is 16.6. The Bertz CT molecular complexity index is 1140. The topological polar surface area (TPSA) is 78.4 Å². The molecule has 0 spiro atoms. The van der Waals surface area contributed by atoms with E-state index in [0.717, 1.165) is 56.5 Å². The molecule has 7 nitrogen and oxygen atoms in total. The number of anilines is 2. The summed E-state index contributed by atoms with van der Waals surface area (Å²) in [6.45, 7) is 4.09. The van der Waals surface area contributed by atoms with Gasteiger partial charge in [-0.15, -0.1) is 0 Å². The Hall–Kier alpha value is -3.11. The van der Waals surface area contributed by atoms with Gasteiger partial charge in [0.25, 0.3) is 10.0 Å². The average Bonchev–Trinajstić information content (AvgIpc) is 2.77. The number of hydrogen-bond acceptors (Lipinski definition) is 6. The molecule has 0 amide bonds. The van der Waals surface area contributed by atoms with Crippen LogP contribution in [-0.4, -0.2) is 49.5 Å². The molecule has 1 aliphatic rings. The third-order valence-corrected chi connectivity index (χ3v) is 6.39. The fraction of sp³-hybridized carbons (Fsp3) is 0.238. The number of piperazine rings is 1. The first-order chi connectivity index (χ1) is 14.9. The summed E-state index contributed by atoms with van der Waals surface area (Å²) in [6, 6.07) is 9.88. The largest absolute Gasteiger partial charge is 0.354 e. The van der Waals surface area contributed by atoms with Gasteiger partial charge in [-0.25, -0.2) is 22.2 Å². The van der Waals surface area contributed by atoms with Gasteiger partial charge in [0, 0.05) is 57.4 Å². The number of halogens is 2. The number of benzene rings is 1. The van der Waals surface area contributed by atoms with Gasteiger partial charge in [0.05, 0.1) is 5.69 Å².